The van der Waals surface area contributed by atoms with E-state index in [4.69, 9.17) is 5.73 Å². The minimum Gasteiger partial charge on any atom is -0.327 e. The third-order valence-electron chi connectivity index (χ3n) is 3.99. The van der Waals surface area contributed by atoms with Crippen LogP contribution in [0.3, 0.4) is 0 Å². The van der Waals surface area contributed by atoms with E-state index in [1.807, 2.05) is 0 Å². The average molecular weight is 281 g/mol. The standard InChI is InChI=1S/C15H23NO2S/c1-11(2)13-5-3-12(4-6-13)9-15(16)14-7-8-19(17,18)10-14/h3-6,11,14-15H,7-10,16H2,1-2H3. The van der Waals surface area contributed by atoms with E-state index in [1.54, 1.807) is 0 Å². The van der Waals surface area contributed by atoms with E-state index in [9.17, 15) is 8.42 Å². The molecule has 1 heterocycles. The molecule has 2 rings (SSSR count). The summed E-state index contributed by atoms with van der Waals surface area (Å²) < 4.78 is 22.9. The Labute approximate surface area is 116 Å². The fourth-order valence-corrected chi connectivity index (χ4v) is 4.53. The average Bonchev–Trinajstić information content (AvgIpc) is 2.70. The lowest BCUT2D eigenvalue weighted by Gasteiger charge is -2.18. The van der Waals surface area contributed by atoms with Crippen LogP contribution in [0.5, 0.6) is 0 Å². The molecule has 2 N–H and O–H groups in total. The molecule has 2 atom stereocenters. The van der Waals surface area contributed by atoms with Crippen LogP contribution in [0.15, 0.2) is 24.3 Å². The molecule has 1 aromatic rings. The molecule has 1 fully saturated rings. The third-order valence-corrected chi connectivity index (χ3v) is 5.78. The summed E-state index contributed by atoms with van der Waals surface area (Å²) in [6.07, 6.45) is 1.48. The second kappa shape index (κ2) is 5.63. The maximum atomic E-state index is 11.5. The molecular weight excluding hydrogens is 258 g/mol. The number of hydrogen-bond donors (Lipinski definition) is 1. The van der Waals surface area contributed by atoms with E-state index in [1.165, 1.54) is 11.1 Å². The predicted molar refractivity (Wildman–Crippen MR) is 79.0 cm³/mol. The molecule has 2 unspecified atom stereocenters. The van der Waals surface area contributed by atoms with Crippen molar-refractivity contribution in [2.75, 3.05) is 11.5 Å². The van der Waals surface area contributed by atoms with Crippen LogP contribution in [0.2, 0.25) is 0 Å². The molecule has 1 aliphatic heterocycles. The van der Waals surface area contributed by atoms with Crippen molar-refractivity contribution < 1.29 is 8.42 Å². The van der Waals surface area contributed by atoms with Crippen molar-refractivity contribution in [2.24, 2.45) is 11.7 Å². The lowest BCUT2D eigenvalue weighted by atomic mass is 9.92. The molecule has 106 valence electrons. The van der Waals surface area contributed by atoms with Gasteiger partial charge in [-0.1, -0.05) is 38.1 Å². The summed E-state index contributed by atoms with van der Waals surface area (Å²) in [4.78, 5) is 0. The molecule has 0 saturated carbocycles. The van der Waals surface area contributed by atoms with Gasteiger partial charge >= 0.3 is 0 Å². The normalized spacial score (nSPS) is 23.7. The van der Waals surface area contributed by atoms with Crippen molar-refractivity contribution in [1.82, 2.24) is 0 Å². The Morgan fingerprint density at radius 2 is 1.89 bits per heavy atom. The molecule has 1 aliphatic rings. The van der Waals surface area contributed by atoms with Gasteiger partial charge in [0.05, 0.1) is 11.5 Å². The molecule has 4 heteroatoms. The monoisotopic (exact) mass is 281 g/mol. The summed E-state index contributed by atoms with van der Waals surface area (Å²) in [5, 5.41) is 0. The number of hydrogen-bond acceptors (Lipinski definition) is 3. The fraction of sp³-hybridized carbons (Fsp3) is 0.600. The van der Waals surface area contributed by atoms with Crippen molar-refractivity contribution >= 4 is 9.84 Å². The number of benzene rings is 1. The van der Waals surface area contributed by atoms with Crippen molar-refractivity contribution in [2.45, 2.75) is 38.6 Å². The molecule has 3 nitrogen and oxygen atoms in total. The highest BCUT2D eigenvalue weighted by Gasteiger charge is 2.31. The van der Waals surface area contributed by atoms with Gasteiger partial charge in [-0.25, -0.2) is 8.42 Å². The maximum absolute atomic E-state index is 11.5. The van der Waals surface area contributed by atoms with Gasteiger partial charge in [0, 0.05) is 6.04 Å². The van der Waals surface area contributed by atoms with Crippen LogP contribution < -0.4 is 5.73 Å². The van der Waals surface area contributed by atoms with Crippen molar-refractivity contribution in [1.29, 1.82) is 0 Å². The van der Waals surface area contributed by atoms with E-state index >= 15 is 0 Å². The summed E-state index contributed by atoms with van der Waals surface area (Å²) >= 11 is 0. The number of nitrogens with two attached hydrogens (primary N) is 1. The molecule has 1 aromatic carbocycles. The number of rotatable bonds is 4. The Morgan fingerprint density at radius 1 is 1.26 bits per heavy atom. The lowest BCUT2D eigenvalue weighted by molar-refractivity contribution is 0.461. The Kier molecular flexibility index (Phi) is 4.31. The minimum absolute atomic E-state index is 0.0535. The van der Waals surface area contributed by atoms with Gasteiger partial charge in [0.25, 0.3) is 0 Å². The highest BCUT2D eigenvalue weighted by Crippen LogP contribution is 2.23. The zero-order valence-electron chi connectivity index (χ0n) is 11.7. The van der Waals surface area contributed by atoms with E-state index in [-0.39, 0.29) is 17.7 Å². The van der Waals surface area contributed by atoms with Crippen molar-refractivity contribution in [3.05, 3.63) is 35.4 Å². The Bertz CT molecular complexity index is 520. The predicted octanol–water partition coefficient (Wildman–Crippen LogP) is 2.11. The van der Waals surface area contributed by atoms with Gasteiger partial charge in [0.1, 0.15) is 0 Å². The first-order valence-electron chi connectivity index (χ1n) is 6.92. The summed E-state index contributed by atoms with van der Waals surface area (Å²) in [5.74, 6) is 1.22. The molecule has 0 radical (unpaired) electrons. The van der Waals surface area contributed by atoms with Crippen LogP contribution in [-0.4, -0.2) is 26.0 Å². The van der Waals surface area contributed by atoms with Gasteiger partial charge in [-0.05, 0) is 35.8 Å². The second-order valence-electron chi connectivity index (χ2n) is 5.93. The van der Waals surface area contributed by atoms with Gasteiger partial charge in [0.15, 0.2) is 9.84 Å². The van der Waals surface area contributed by atoms with Crippen LogP contribution in [0.1, 0.15) is 37.3 Å². The van der Waals surface area contributed by atoms with Gasteiger partial charge < -0.3 is 5.73 Å². The first-order chi connectivity index (χ1) is 8.87. The molecule has 1 saturated heterocycles. The fourth-order valence-electron chi connectivity index (χ4n) is 2.64. The van der Waals surface area contributed by atoms with Crippen LogP contribution in [0.4, 0.5) is 0 Å². The van der Waals surface area contributed by atoms with E-state index in [2.05, 4.69) is 38.1 Å². The Hall–Kier alpha value is -0.870. The minimum atomic E-state index is -2.83. The first-order valence-corrected chi connectivity index (χ1v) is 8.74. The topological polar surface area (TPSA) is 60.2 Å². The van der Waals surface area contributed by atoms with E-state index in [0.29, 0.717) is 18.1 Å². The lowest BCUT2D eigenvalue weighted by Crippen LogP contribution is -2.33. The Balaban J connectivity index is 1.97. The zero-order valence-corrected chi connectivity index (χ0v) is 12.5. The highest BCUT2D eigenvalue weighted by molar-refractivity contribution is 7.91. The summed E-state index contributed by atoms with van der Waals surface area (Å²) in [6, 6.07) is 8.44. The van der Waals surface area contributed by atoms with Crippen molar-refractivity contribution in [3.8, 4) is 0 Å². The van der Waals surface area contributed by atoms with Gasteiger partial charge in [-0.3, -0.25) is 0 Å². The van der Waals surface area contributed by atoms with Gasteiger partial charge in [-0.2, -0.15) is 0 Å². The van der Waals surface area contributed by atoms with Crippen LogP contribution in [0, 0.1) is 5.92 Å². The van der Waals surface area contributed by atoms with Gasteiger partial charge in [-0.15, -0.1) is 0 Å². The maximum Gasteiger partial charge on any atom is 0.150 e. The molecule has 0 bridgehead atoms. The molecule has 0 amide bonds. The van der Waals surface area contributed by atoms with Gasteiger partial charge in [0.2, 0.25) is 0 Å². The van der Waals surface area contributed by atoms with Crippen LogP contribution in [-0.2, 0) is 16.3 Å². The van der Waals surface area contributed by atoms with Crippen LogP contribution in [0.25, 0.3) is 0 Å². The largest absolute Gasteiger partial charge is 0.327 e. The SMILES string of the molecule is CC(C)c1ccc(CC(N)C2CCS(=O)(=O)C2)cc1. The molecule has 0 spiro atoms. The molecule has 0 aromatic heterocycles. The number of sulfone groups is 1. The zero-order chi connectivity index (χ0) is 14.0. The van der Waals surface area contributed by atoms with E-state index in [0.717, 1.165) is 6.42 Å². The summed E-state index contributed by atoms with van der Waals surface area (Å²) in [5.41, 5.74) is 8.68. The van der Waals surface area contributed by atoms with Crippen LogP contribution >= 0.6 is 0 Å². The highest BCUT2D eigenvalue weighted by atomic mass is 32.2. The summed E-state index contributed by atoms with van der Waals surface area (Å²) in [6.45, 7) is 4.34. The molecule has 19 heavy (non-hydrogen) atoms. The first kappa shape index (κ1) is 14.5. The quantitative estimate of drug-likeness (QED) is 0.919. The summed E-state index contributed by atoms with van der Waals surface area (Å²) in [7, 11) is -2.83. The second-order valence-corrected chi connectivity index (χ2v) is 8.16. The third kappa shape index (κ3) is 3.80. The molecular formula is C15H23NO2S. The van der Waals surface area contributed by atoms with E-state index < -0.39 is 9.84 Å². The van der Waals surface area contributed by atoms with Crippen molar-refractivity contribution in [3.63, 3.8) is 0 Å². The Morgan fingerprint density at radius 3 is 2.37 bits per heavy atom. The molecule has 0 aliphatic carbocycles. The smallest absolute Gasteiger partial charge is 0.150 e.